The van der Waals surface area contributed by atoms with Crippen LogP contribution >= 0.6 is 11.6 Å². The second-order valence-electron chi connectivity index (χ2n) is 4.40. The van der Waals surface area contributed by atoms with Crippen LogP contribution in [0.1, 0.15) is 25.6 Å². The van der Waals surface area contributed by atoms with Crippen LogP contribution in [-0.2, 0) is 0 Å². The van der Waals surface area contributed by atoms with Crippen LogP contribution in [0.15, 0.2) is 30.3 Å². The monoisotopic (exact) mass is 277 g/mol. The Labute approximate surface area is 117 Å². The summed E-state index contributed by atoms with van der Waals surface area (Å²) >= 11 is 6.10. The fraction of sp³-hybridized carbons (Fsp3) is 0.231. The lowest BCUT2D eigenvalue weighted by atomic mass is 10.2. The molecule has 100 valence electrons. The van der Waals surface area contributed by atoms with Crippen molar-refractivity contribution < 1.29 is 0 Å². The van der Waals surface area contributed by atoms with Gasteiger partial charge in [0.2, 0.25) is 0 Å². The largest absolute Gasteiger partial charge is 0.339 e. The number of rotatable bonds is 4. The van der Waals surface area contributed by atoms with Crippen LogP contribution < -0.4 is 16.6 Å². The number of halogens is 1. The van der Waals surface area contributed by atoms with Crippen molar-refractivity contribution in [2.45, 2.75) is 19.8 Å². The third-order valence-corrected chi connectivity index (χ3v) is 2.87. The number of nitrogen functional groups attached to an aromatic ring is 1. The Bertz CT molecular complexity index is 571. The van der Waals surface area contributed by atoms with E-state index in [0.29, 0.717) is 22.5 Å². The van der Waals surface area contributed by atoms with Crippen molar-refractivity contribution >= 4 is 28.9 Å². The van der Waals surface area contributed by atoms with Gasteiger partial charge >= 0.3 is 0 Å². The van der Waals surface area contributed by atoms with E-state index in [1.165, 1.54) is 0 Å². The highest BCUT2D eigenvalue weighted by atomic mass is 35.5. The number of nitrogens with one attached hydrogen (secondary N) is 2. The predicted octanol–water partition coefficient (Wildman–Crippen LogP) is 3.28. The Kier molecular flexibility index (Phi) is 4.19. The molecule has 0 bridgehead atoms. The van der Waals surface area contributed by atoms with Gasteiger partial charge in [0, 0.05) is 12.0 Å². The summed E-state index contributed by atoms with van der Waals surface area (Å²) in [6.45, 7) is 4.05. The first-order valence-corrected chi connectivity index (χ1v) is 6.35. The highest BCUT2D eigenvalue weighted by Crippen LogP contribution is 2.25. The van der Waals surface area contributed by atoms with E-state index in [1.54, 1.807) is 6.07 Å². The van der Waals surface area contributed by atoms with Gasteiger partial charge in [-0.3, -0.25) is 0 Å². The summed E-state index contributed by atoms with van der Waals surface area (Å²) in [7, 11) is 0. The minimum atomic E-state index is 0.208. The zero-order valence-electron chi connectivity index (χ0n) is 10.8. The fourth-order valence-corrected chi connectivity index (χ4v) is 1.75. The van der Waals surface area contributed by atoms with Gasteiger partial charge in [-0.1, -0.05) is 37.6 Å². The molecule has 1 heterocycles. The summed E-state index contributed by atoms with van der Waals surface area (Å²) in [5, 5.41) is 3.80. The maximum absolute atomic E-state index is 6.10. The molecule has 6 heteroatoms. The molecule has 19 heavy (non-hydrogen) atoms. The normalized spacial score (nSPS) is 10.6. The molecule has 0 radical (unpaired) electrons. The van der Waals surface area contributed by atoms with Crippen molar-refractivity contribution in [3.8, 4) is 0 Å². The summed E-state index contributed by atoms with van der Waals surface area (Å²) in [5.74, 6) is 7.55. The van der Waals surface area contributed by atoms with Crippen molar-refractivity contribution in [3.63, 3.8) is 0 Å². The first-order chi connectivity index (χ1) is 9.10. The number of hydrogen-bond donors (Lipinski definition) is 3. The standard InChI is InChI=1S/C13H16ClN5/c1-8(2)13-17-11(7-12(18-13)19-15)16-10-6-4-3-5-9(10)14/h3-8H,15H2,1-2H3,(H2,16,17,18,19). The highest BCUT2D eigenvalue weighted by Gasteiger charge is 2.08. The molecule has 0 aliphatic heterocycles. The number of nitrogens with two attached hydrogens (primary N) is 1. The molecular formula is C13H16ClN5. The molecule has 5 nitrogen and oxygen atoms in total. The van der Waals surface area contributed by atoms with Crippen LogP contribution in [0.2, 0.25) is 5.02 Å². The molecule has 0 spiro atoms. The Hall–Kier alpha value is -1.85. The second-order valence-corrected chi connectivity index (χ2v) is 4.81. The zero-order valence-corrected chi connectivity index (χ0v) is 11.6. The van der Waals surface area contributed by atoms with Gasteiger partial charge in [-0.05, 0) is 12.1 Å². The van der Waals surface area contributed by atoms with Crippen LogP contribution in [0.5, 0.6) is 0 Å². The maximum Gasteiger partial charge on any atom is 0.145 e. The molecule has 1 aromatic heterocycles. The first-order valence-electron chi connectivity index (χ1n) is 5.97. The predicted molar refractivity (Wildman–Crippen MR) is 78.7 cm³/mol. The van der Waals surface area contributed by atoms with Crippen LogP contribution in [0.3, 0.4) is 0 Å². The van der Waals surface area contributed by atoms with Gasteiger partial charge in [0.1, 0.15) is 17.5 Å². The smallest absolute Gasteiger partial charge is 0.145 e. The number of benzene rings is 1. The van der Waals surface area contributed by atoms with Gasteiger partial charge in [-0.2, -0.15) is 0 Å². The Morgan fingerprint density at radius 3 is 2.47 bits per heavy atom. The second kappa shape index (κ2) is 5.86. The number of nitrogens with zero attached hydrogens (tertiary/aromatic N) is 2. The van der Waals surface area contributed by atoms with E-state index >= 15 is 0 Å². The molecule has 0 fully saturated rings. The quantitative estimate of drug-likeness (QED) is 0.591. The minimum Gasteiger partial charge on any atom is -0.339 e. The number of para-hydroxylation sites is 1. The van der Waals surface area contributed by atoms with Crippen molar-refractivity contribution in [1.82, 2.24) is 9.97 Å². The zero-order chi connectivity index (χ0) is 13.8. The number of hydrazine groups is 1. The number of anilines is 3. The third-order valence-electron chi connectivity index (χ3n) is 2.54. The lowest BCUT2D eigenvalue weighted by molar-refractivity contribution is 0.777. The molecule has 0 atom stereocenters. The van der Waals surface area contributed by atoms with E-state index in [-0.39, 0.29) is 5.92 Å². The molecule has 2 rings (SSSR count). The lowest BCUT2D eigenvalue weighted by Crippen LogP contribution is -2.12. The highest BCUT2D eigenvalue weighted by molar-refractivity contribution is 6.33. The maximum atomic E-state index is 6.10. The number of aromatic nitrogens is 2. The summed E-state index contributed by atoms with van der Waals surface area (Å²) in [5.41, 5.74) is 3.33. The topological polar surface area (TPSA) is 75.9 Å². The number of hydrogen-bond acceptors (Lipinski definition) is 5. The summed E-state index contributed by atoms with van der Waals surface area (Å²) in [4.78, 5) is 8.74. The van der Waals surface area contributed by atoms with E-state index in [4.69, 9.17) is 17.4 Å². The van der Waals surface area contributed by atoms with E-state index in [1.807, 2.05) is 38.1 Å². The van der Waals surface area contributed by atoms with Gasteiger partial charge in [-0.15, -0.1) is 0 Å². The summed E-state index contributed by atoms with van der Waals surface area (Å²) in [6.07, 6.45) is 0. The Balaban J connectivity index is 2.34. The van der Waals surface area contributed by atoms with Gasteiger partial charge < -0.3 is 10.7 Å². The van der Waals surface area contributed by atoms with Crippen LogP contribution in [0.4, 0.5) is 17.3 Å². The van der Waals surface area contributed by atoms with Gasteiger partial charge in [0.25, 0.3) is 0 Å². The molecular weight excluding hydrogens is 262 g/mol. The lowest BCUT2D eigenvalue weighted by Gasteiger charge is -2.12. The molecule has 0 saturated carbocycles. The van der Waals surface area contributed by atoms with Gasteiger partial charge in [-0.25, -0.2) is 15.8 Å². The molecule has 0 amide bonds. The summed E-state index contributed by atoms with van der Waals surface area (Å²) in [6, 6.07) is 9.21. The van der Waals surface area contributed by atoms with E-state index in [2.05, 4.69) is 20.7 Å². The molecule has 0 saturated heterocycles. The van der Waals surface area contributed by atoms with Crippen LogP contribution in [0, 0.1) is 0 Å². The Morgan fingerprint density at radius 2 is 1.84 bits per heavy atom. The average molecular weight is 278 g/mol. The average Bonchev–Trinajstić information content (AvgIpc) is 2.41. The molecule has 0 aliphatic rings. The molecule has 0 aliphatic carbocycles. The summed E-state index contributed by atoms with van der Waals surface area (Å²) < 4.78 is 0. The first kappa shape index (κ1) is 13.6. The van der Waals surface area contributed by atoms with E-state index < -0.39 is 0 Å². The molecule has 2 aromatic rings. The fourth-order valence-electron chi connectivity index (χ4n) is 1.56. The van der Waals surface area contributed by atoms with Crippen molar-refractivity contribution in [2.75, 3.05) is 10.7 Å². The van der Waals surface area contributed by atoms with Crippen LogP contribution in [-0.4, -0.2) is 9.97 Å². The van der Waals surface area contributed by atoms with Gasteiger partial charge in [0.05, 0.1) is 10.7 Å². The molecule has 4 N–H and O–H groups in total. The third kappa shape index (κ3) is 3.33. The molecule has 0 unspecified atom stereocenters. The van der Waals surface area contributed by atoms with E-state index in [0.717, 1.165) is 5.69 Å². The van der Waals surface area contributed by atoms with E-state index in [9.17, 15) is 0 Å². The van der Waals surface area contributed by atoms with Gasteiger partial charge in [0.15, 0.2) is 0 Å². The van der Waals surface area contributed by atoms with Crippen molar-refractivity contribution in [2.24, 2.45) is 5.84 Å². The minimum absolute atomic E-state index is 0.208. The van der Waals surface area contributed by atoms with Crippen molar-refractivity contribution in [3.05, 3.63) is 41.2 Å². The van der Waals surface area contributed by atoms with Crippen LogP contribution in [0.25, 0.3) is 0 Å². The Morgan fingerprint density at radius 1 is 1.16 bits per heavy atom. The van der Waals surface area contributed by atoms with Crippen molar-refractivity contribution in [1.29, 1.82) is 0 Å². The SMILES string of the molecule is CC(C)c1nc(NN)cc(Nc2ccccc2Cl)n1. The molecule has 1 aromatic carbocycles.